The number of carbonyl (C=O) groups is 1. The first kappa shape index (κ1) is 20.4. The van der Waals surface area contributed by atoms with Crippen LogP contribution in [0.1, 0.15) is 29.8 Å². The van der Waals surface area contributed by atoms with Crippen LogP contribution in [0.2, 0.25) is 0 Å². The second-order valence-corrected chi connectivity index (χ2v) is 7.55. The molecule has 158 valence electrons. The minimum Gasteiger partial charge on any atom is -0.348 e. The van der Waals surface area contributed by atoms with Crippen LogP contribution in [0.4, 0.5) is 0 Å². The summed E-state index contributed by atoms with van der Waals surface area (Å²) in [6.07, 6.45) is 0. The van der Waals surface area contributed by atoms with Crippen LogP contribution >= 0.6 is 0 Å². The van der Waals surface area contributed by atoms with Crippen molar-refractivity contribution in [1.82, 2.24) is 35.3 Å². The highest BCUT2D eigenvalue weighted by atomic mass is 16.2. The highest BCUT2D eigenvalue weighted by Crippen LogP contribution is 2.20. The van der Waals surface area contributed by atoms with E-state index in [9.17, 15) is 9.59 Å². The average molecular weight is 417 g/mol. The molecule has 0 saturated heterocycles. The van der Waals surface area contributed by atoms with Crippen molar-refractivity contribution in [3.05, 3.63) is 69.6 Å². The summed E-state index contributed by atoms with van der Waals surface area (Å²) in [5.74, 6) is -0.0703. The van der Waals surface area contributed by atoms with Crippen LogP contribution in [0.15, 0.2) is 47.3 Å². The van der Waals surface area contributed by atoms with Crippen LogP contribution in [0, 0.1) is 13.8 Å². The number of aromatic nitrogens is 6. The van der Waals surface area contributed by atoms with Gasteiger partial charge in [-0.3, -0.25) is 9.59 Å². The molecular formula is C22H23N7O2. The van der Waals surface area contributed by atoms with Gasteiger partial charge in [-0.15, -0.1) is 10.2 Å². The molecular weight excluding hydrogens is 394 g/mol. The molecule has 0 radical (unpaired) electrons. The lowest BCUT2D eigenvalue weighted by atomic mass is 10.0. The lowest BCUT2D eigenvalue weighted by Gasteiger charge is -2.14. The lowest BCUT2D eigenvalue weighted by molar-refractivity contribution is -0.122. The molecule has 4 aromatic rings. The van der Waals surface area contributed by atoms with Gasteiger partial charge in [0.15, 0.2) is 0 Å². The standard InChI is InChI=1S/C22H23N7O2/c1-13-14(2)25-28(4)22(31)20(13)21-24-27-29(26-21)12-19(30)23-15(3)17-10-9-16-7-5-6-8-18(16)11-17/h5-11,15H,12H2,1-4H3,(H,23,30). The monoisotopic (exact) mass is 417 g/mol. The number of tetrazole rings is 1. The first-order valence-electron chi connectivity index (χ1n) is 9.94. The molecule has 2 aromatic heterocycles. The van der Waals surface area contributed by atoms with Crippen LogP contribution < -0.4 is 10.9 Å². The van der Waals surface area contributed by atoms with Gasteiger partial charge in [0.25, 0.3) is 5.56 Å². The summed E-state index contributed by atoms with van der Waals surface area (Å²) >= 11 is 0. The summed E-state index contributed by atoms with van der Waals surface area (Å²) in [7, 11) is 1.57. The molecule has 9 nitrogen and oxygen atoms in total. The molecule has 0 spiro atoms. The number of carbonyl (C=O) groups excluding carboxylic acids is 1. The van der Waals surface area contributed by atoms with Crippen molar-refractivity contribution in [2.24, 2.45) is 7.05 Å². The predicted molar refractivity (Wildman–Crippen MR) is 116 cm³/mol. The average Bonchev–Trinajstić information content (AvgIpc) is 3.19. The van der Waals surface area contributed by atoms with E-state index in [2.05, 4.69) is 38.0 Å². The largest absolute Gasteiger partial charge is 0.348 e. The first-order valence-corrected chi connectivity index (χ1v) is 9.94. The van der Waals surface area contributed by atoms with Crippen LogP contribution in [0.25, 0.3) is 22.2 Å². The van der Waals surface area contributed by atoms with E-state index in [-0.39, 0.29) is 29.9 Å². The summed E-state index contributed by atoms with van der Waals surface area (Å²) in [5, 5.41) is 21.5. The number of rotatable bonds is 5. The molecule has 1 amide bonds. The Morgan fingerprint density at radius 2 is 1.84 bits per heavy atom. The zero-order valence-electron chi connectivity index (χ0n) is 17.8. The zero-order valence-corrected chi connectivity index (χ0v) is 17.8. The van der Waals surface area contributed by atoms with Gasteiger partial charge in [-0.25, -0.2) is 4.68 Å². The minimum atomic E-state index is -0.308. The van der Waals surface area contributed by atoms with Crippen molar-refractivity contribution >= 4 is 16.7 Å². The van der Waals surface area contributed by atoms with Crippen LogP contribution in [-0.4, -0.2) is 35.9 Å². The van der Waals surface area contributed by atoms with E-state index in [0.717, 1.165) is 16.3 Å². The Balaban J connectivity index is 1.49. The van der Waals surface area contributed by atoms with E-state index in [4.69, 9.17) is 0 Å². The molecule has 0 aliphatic heterocycles. The fraction of sp³-hybridized carbons (Fsp3) is 0.273. The van der Waals surface area contributed by atoms with Gasteiger partial charge in [-0.1, -0.05) is 36.4 Å². The van der Waals surface area contributed by atoms with Crippen LogP contribution in [-0.2, 0) is 18.4 Å². The molecule has 0 fully saturated rings. The molecule has 0 saturated carbocycles. The fourth-order valence-corrected chi connectivity index (χ4v) is 3.50. The van der Waals surface area contributed by atoms with Gasteiger partial charge >= 0.3 is 0 Å². The number of nitrogens with one attached hydrogen (secondary N) is 1. The number of benzene rings is 2. The molecule has 0 bridgehead atoms. The zero-order chi connectivity index (χ0) is 22.1. The molecule has 2 heterocycles. The number of aryl methyl sites for hydroxylation is 2. The second kappa shape index (κ2) is 8.10. The molecule has 4 rings (SSSR count). The number of hydrogen-bond donors (Lipinski definition) is 1. The van der Waals surface area contributed by atoms with E-state index in [0.29, 0.717) is 16.8 Å². The minimum absolute atomic E-state index is 0.103. The van der Waals surface area contributed by atoms with E-state index < -0.39 is 0 Å². The topological polar surface area (TPSA) is 108 Å². The second-order valence-electron chi connectivity index (χ2n) is 7.55. The van der Waals surface area contributed by atoms with Gasteiger partial charge in [0.1, 0.15) is 6.54 Å². The molecule has 31 heavy (non-hydrogen) atoms. The van der Waals surface area contributed by atoms with E-state index in [1.807, 2.05) is 44.2 Å². The predicted octanol–water partition coefficient (Wildman–Crippen LogP) is 2.08. The van der Waals surface area contributed by atoms with Crippen LogP contribution in [0.5, 0.6) is 0 Å². The van der Waals surface area contributed by atoms with Crippen molar-refractivity contribution in [2.45, 2.75) is 33.4 Å². The van der Waals surface area contributed by atoms with Crippen molar-refractivity contribution in [2.75, 3.05) is 0 Å². The van der Waals surface area contributed by atoms with Crippen LogP contribution in [0.3, 0.4) is 0 Å². The number of fused-ring (bicyclic) bond motifs is 1. The van der Waals surface area contributed by atoms with E-state index in [1.54, 1.807) is 14.0 Å². The van der Waals surface area contributed by atoms with Gasteiger partial charge in [0.05, 0.1) is 17.3 Å². The summed E-state index contributed by atoms with van der Waals surface area (Å²) in [6.45, 7) is 5.42. The van der Waals surface area contributed by atoms with Crippen molar-refractivity contribution in [3.63, 3.8) is 0 Å². The molecule has 0 aliphatic rings. The van der Waals surface area contributed by atoms with E-state index in [1.165, 1.54) is 9.48 Å². The highest BCUT2D eigenvalue weighted by molar-refractivity contribution is 5.83. The Morgan fingerprint density at radius 1 is 1.10 bits per heavy atom. The molecule has 9 heteroatoms. The summed E-state index contributed by atoms with van der Waals surface area (Å²) in [4.78, 5) is 26.2. The van der Waals surface area contributed by atoms with Gasteiger partial charge in [0.2, 0.25) is 11.7 Å². The van der Waals surface area contributed by atoms with Gasteiger partial charge in [0, 0.05) is 7.05 Å². The number of hydrogen-bond acceptors (Lipinski definition) is 6. The molecule has 2 aromatic carbocycles. The fourth-order valence-electron chi connectivity index (χ4n) is 3.50. The maximum atomic E-state index is 12.5. The molecule has 1 N–H and O–H groups in total. The molecule has 1 unspecified atom stereocenters. The Kier molecular flexibility index (Phi) is 5.33. The lowest BCUT2D eigenvalue weighted by Crippen LogP contribution is -2.31. The first-order chi connectivity index (χ1) is 14.8. The summed E-state index contributed by atoms with van der Waals surface area (Å²) in [5.41, 5.74) is 2.43. The van der Waals surface area contributed by atoms with Gasteiger partial charge in [-0.05, 0) is 54.0 Å². The third-order valence-corrected chi connectivity index (χ3v) is 5.34. The highest BCUT2D eigenvalue weighted by Gasteiger charge is 2.18. The maximum absolute atomic E-state index is 12.5. The molecule has 1 atom stereocenters. The van der Waals surface area contributed by atoms with Crippen molar-refractivity contribution in [3.8, 4) is 11.4 Å². The van der Waals surface area contributed by atoms with Crippen molar-refractivity contribution < 1.29 is 4.79 Å². The summed E-state index contributed by atoms with van der Waals surface area (Å²) < 4.78 is 1.25. The Labute approximate surface area is 178 Å². The smallest absolute Gasteiger partial charge is 0.278 e. The van der Waals surface area contributed by atoms with Crippen molar-refractivity contribution in [1.29, 1.82) is 0 Å². The molecule has 0 aliphatic carbocycles. The number of nitrogens with zero attached hydrogens (tertiary/aromatic N) is 6. The van der Waals surface area contributed by atoms with E-state index >= 15 is 0 Å². The van der Waals surface area contributed by atoms with Gasteiger partial charge < -0.3 is 5.32 Å². The normalized spacial score (nSPS) is 12.1. The Bertz CT molecular complexity index is 1340. The van der Waals surface area contributed by atoms with Gasteiger partial charge in [-0.2, -0.15) is 9.90 Å². The number of amides is 1. The Hall–Kier alpha value is -3.88. The SMILES string of the molecule is Cc1nn(C)c(=O)c(-c2nnn(CC(=O)NC(C)c3ccc4ccccc4c3)n2)c1C. The quantitative estimate of drug-likeness (QED) is 0.533. The Morgan fingerprint density at radius 3 is 2.61 bits per heavy atom. The summed E-state index contributed by atoms with van der Waals surface area (Å²) in [6, 6.07) is 14.0. The third-order valence-electron chi connectivity index (χ3n) is 5.34. The third kappa shape index (κ3) is 4.07. The maximum Gasteiger partial charge on any atom is 0.278 e.